The molecule has 0 unspecified atom stereocenters. The van der Waals surface area contributed by atoms with Crippen LogP contribution in [0.25, 0.3) is 0 Å². The number of nitrogens with zero attached hydrogens (tertiary/aromatic N) is 3. The predicted octanol–water partition coefficient (Wildman–Crippen LogP) is 4.09. The highest BCUT2D eigenvalue weighted by Gasteiger charge is 2.21. The zero-order valence-electron chi connectivity index (χ0n) is 16.4. The molecule has 0 bridgehead atoms. The molecule has 2 heterocycles. The van der Waals surface area contributed by atoms with Gasteiger partial charge in [0.25, 0.3) is 0 Å². The van der Waals surface area contributed by atoms with Crippen LogP contribution in [0.2, 0.25) is 0 Å². The van der Waals surface area contributed by atoms with Gasteiger partial charge in [0.2, 0.25) is 5.95 Å². The van der Waals surface area contributed by atoms with Crippen molar-refractivity contribution in [2.75, 3.05) is 24.6 Å². The molecule has 1 saturated heterocycles. The van der Waals surface area contributed by atoms with Crippen molar-refractivity contribution in [1.82, 2.24) is 9.97 Å². The Kier molecular flexibility index (Phi) is 6.95. The number of aryl methyl sites for hydroxylation is 1. The number of aromatic carboxylic acids is 1. The smallest absolute Gasteiger partial charge is 0.341 e. The number of halogens is 2. The maximum atomic E-state index is 13.7. The van der Waals surface area contributed by atoms with Crippen LogP contribution in [-0.4, -0.2) is 40.7 Å². The molecule has 1 aromatic carbocycles. The highest BCUT2D eigenvalue weighted by molar-refractivity contribution is 5.88. The molecule has 1 aliphatic rings. The summed E-state index contributed by atoms with van der Waals surface area (Å²) in [6.07, 6.45) is 8.47. The van der Waals surface area contributed by atoms with E-state index in [1.807, 2.05) is 12.4 Å². The van der Waals surface area contributed by atoms with E-state index in [2.05, 4.69) is 21.8 Å². The summed E-state index contributed by atoms with van der Waals surface area (Å²) < 4.78 is 32.7. The van der Waals surface area contributed by atoms with E-state index in [1.54, 1.807) is 0 Å². The van der Waals surface area contributed by atoms with Gasteiger partial charge in [-0.2, -0.15) is 0 Å². The van der Waals surface area contributed by atoms with Gasteiger partial charge < -0.3 is 14.7 Å². The predicted molar refractivity (Wildman–Crippen MR) is 104 cm³/mol. The minimum Gasteiger partial charge on any atom is -0.493 e. The summed E-state index contributed by atoms with van der Waals surface area (Å²) in [6.45, 7) is 4.22. The van der Waals surface area contributed by atoms with E-state index in [4.69, 9.17) is 9.84 Å². The molecule has 1 N–H and O–H groups in total. The Bertz CT molecular complexity index is 815. The molecule has 0 spiro atoms. The Labute approximate surface area is 168 Å². The Balaban J connectivity index is 1.40. The van der Waals surface area contributed by atoms with Crippen molar-refractivity contribution >= 4 is 11.9 Å². The zero-order chi connectivity index (χ0) is 20.8. The van der Waals surface area contributed by atoms with Gasteiger partial charge in [-0.1, -0.05) is 6.92 Å². The molecule has 6 nitrogen and oxygen atoms in total. The molecule has 0 amide bonds. The minimum absolute atomic E-state index is 0.00694. The molecular weight excluding hydrogens is 380 g/mol. The molecule has 1 fully saturated rings. The second kappa shape index (κ2) is 9.62. The highest BCUT2D eigenvalue weighted by Crippen LogP contribution is 2.25. The minimum atomic E-state index is -1.63. The van der Waals surface area contributed by atoms with E-state index in [0.717, 1.165) is 68.8 Å². The number of piperidine rings is 1. The lowest BCUT2D eigenvalue weighted by molar-refractivity contribution is 0.0686. The lowest BCUT2D eigenvalue weighted by atomic mass is 9.92. The number of benzene rings is 1. The lowest BCUT2D eigenvalue weighted by Crippen LogP contribution is -2.35. The molecule has 29 heavy (non-hydrogen) atoms. The number of hydrogen-bond acceptors (Lipinski definition) is 5. The van der Waals surface area contributed by atoms with Crippen LogP contribution in [-0.2, 0) is 6.42 Å². The number of carbonyl (C=O) groups is 1. The van der Waals surface area contributed by atoms with Crippen LogP contribution in [0.3, 0.4) is 0 Å². The Morgan fingerprint density at radius 3 is 2.38 bits per heavy atom. The summed E-state index contributed by atoms with van der Waals surface area (Å²) in [6, 6.07) is 1.82. The number of carboxylic acid groups (broad SMARTS) is 1. The van der Waals surface area contributed by atoms with Crippen LogP contribution in [0.1, 0.15) is 48.5 Å². The van der Waals surface area contributed by atoms with Gasteiger partial charge in [-0.15, -0.1) is 0 Å². The van der Waals surface area contributed by atoms with E-state index in [9.17, 15) is 13.6 Å². The number of aromatic nitrogens is 2. The Morgan fingerprint density at radius 1 is 1.21 bits per heavy atom. The van der Waals surface area contributed by atoms with Crippen molar-refractivity contribution in [2.24, 2.45) is 5.92 Å². The average molecular weight is 405 g/mol. The standard InChI is InChI=1S/C21H25F2N3O3/c1-2-14-12-24-21(25-13-14)26-7-5-15(6-8-26)4-3-9-29-16-10-17(22)19(20(27)28)18(23)11-16/h10-13,15H,2-9H2,1H3,(H,27,28). The third kappa shape index (κ3) is 5.40. The van der Waals surface area contributed by atoms with Crippen LogP contribution in [0.15, 0.2) is 24.5 Å². The number of rotatable bonds is 8. The SMILES string of the molecule is CCc1cnc(N2CCC(CCCOc3cc(F)c(C(=O)O)c(F)c3)CC2)nc1. The van der Waals surface area contributed by atoms with Crippen LogP contribution in [0.5, 0.6) is 5.75 Å². The Hall–Kier alpha value is -2.77. The van der Waals surface area contributed by atoms with Crippen molar-refractivity contribution < 1.29 is 23.4 Å². The molecule has 1 aromatic heterocycles. The van der Waals surface area contributed by atoms with Gasteiger partial charge in [-0.3, -0.25) is 0 Å². The van der Waals surface area contributed by atoms with Crippen molar-refractivity contribution in [1.29, 1.82) is 0 Å². The van der Waals surface area contributed by atoms with E-state index in [1.165, 1.54) is 0 Å². The molecule has 0 radical (unpaired) electrons. The number of anilines is 1. The molecular formula is C21H25F2N3O3. The topological polar surface area (TPSA) is 75.6 Å². The third-order valence-electron chi connectivity index (χ3n) is 5.25. The van der Waals surface area contributed by atoms with Gasteiger partial charge >= 0.3 is 5.97 Å². The molecule has 0 atom stereocenters. The van der Waals surface area contributed by atoms with Gasteiger partial charge in [0, 0.05) is 37.6 Å². The van der Waals surface area contributed by atoms with Crippen molar-refractivity contribution in [3.05, 3.63) is 47.3 Å². The third-order valence-corrected chi connectivity index (χ3v) is 5.25. The van der Waals surface area contributed by atoms with Crippen LogP contribution in [0, 0.1) is 17.6 Å². The maximum Gasteiger partial charge on any atom is 0.341 e. The fourth-order valence-electron chi connectivity index (χ4n) is 3.52. The number of carboxylic acids is 1. The summed E-state index contributed by atoms with van der Waals surface area (Å²) >= 11 is 0. The largest absolute Gasteiger partial charge is 0.493 e. The summed E-state index contributed by atoms with van der Waals surface area (Å²) in [5.74, 6) is -2.55. The molecule has 8 heteroatoms. The quantitative estimate of drug-likeness (QED) is 0.667. The molecule has 3 rings (SSSR count). The van der Waals surface area contributed by atoms with Crippen LogP contribution in [0.4, 0.5) is 14.7 Å². The van der Waals surface area contributed by atoms with Crippen molar-refractivity contribution in [3.63, 3.8) is 0 Å². The first kappa shape index (κ1) is 21.0. The average Bonchev–Trinajstić information content (AvgIpc) is 2.71. The molecule has 0 saturated carbocycles. The van der Waals surface area contributed by atoms with E-state index >= 15 is 0 Å². The Morgan fingerprint density at radius 2 is 1.83 bits per heavy atom. The summed E-state index contributed by atoms with van der Waals surface area (Å²) in [5.41, 5.74) is 0.165. The van der Waals surface area contributed by atoms with Gasteiger partial charge in [0.15, 0.2) is 0 Å². The van der Waals surface area contributed by atoms with Crippen molar-refractivity contribution in [2.45, 2.75) is 39.0 Å². The number of ether oxygens (including phenoxy) is 1. The molecule has 2 aromatic rings. The molecule has 1 aliphatic heterocycles. The van der Waals surface area contributed by atoms with Gasteiger partial charge in [-0.05, 0) is 43.6 Å². The molecule has 0 aliphatic carbocycles. The maximum absolute atomic E-state index is 13.7. The highest BCUT2D eigenvalue weighted by atomic mass is 19.1. The van der Waals surface area contributed by atoms with E-state index in [0.29, 0.717) is 12.5 Å². The molecule has 156 valence electrons. The normalized spacial score (nSPS) is 14.8. The van der Waals surface area contributed by atoms with Gasteiger partial charge in [0.05, 0.1) is 6.61 Å². The summed E-state index contributed by atoms with van der Waals surface area (Å²) in [7, 11) is 0. The van der Waals surface area contributed by atoms with Gasteiger partial charge in [-0.25, -0.2) is 23.5 Å². The summed E-state index contributed by atoms with van der Waals surface area (Å²) in [4.78, 5) is 21.9. The fraction of sp³-hybridized carbons (Fsp3) is 0.476. The lowest BCUT2D eigenvalue weighted by Gasteiger charge is -2.32. The van der Waals surface area contributed by atoms with E-state index in [-0.39, 0.29) is 5.75 Å². The monoisotopic (exact) mass is 405 g/mol. The van der Waals surface area contributed by atoms with Crippen LogP contribution >= 0.6 is 0 Å². The van der Waals surface area contributed by atoms with Crippen LogP contribution < -0.4 is 9.64 Å². The summed E-state index contributed by atoms with van der Waals surface area (Å²) in [5, 5.41) is 8.78. The van der Waals surface area contributed by atoms with Crippen molar-refractivity contribution in [3.8, 4) is 5.75 Å². The second-order valence-electron chi connectivity index (χ2n) is 7.23. The van der Waals surface area contributed by atoms with Gasteiger partial charge in [0.1, 0.15) is 22.9 Å². The zero-order valence-corrected chi connectivity index (χ0v) is 16.4. The second-order valence-corrected chi connectivity index (χ2v) is 7.23. The number of hydrogen-bond donors (Lipinski definition) is 1. The van der Waals surface area contributed by atoms with E-state index < -0.39 is 23.2 Å². The first-order valence-corrected chi connectivity index (χ1v) is 9.89. The first-order chi connectivity index (χ1) is 14.0. The fourth-order valence-corrected chi connectivity index (χ4v) is 3.52. The first-order valence-electron chi connectivity index (χ1n) is 9.89.